The highest BCUT2D eigenvalue weighted by atomic mass is 35.5. The predicted molar refractivity (Wildman–Crippen MR) is 114 cm³/mol. The van der Waals surface area contributed by atoms with Gasteiger partial charge in [-0.1, -0.05) is 67.6 Å². The second kappa shape index (κ2) is 11.9. The topological polar surface area (TPSA) is 30.5 Å². The molecule has 1 N–H and O–H groups in total. The summed E-state index contributed by atoms with van der Waals surface area (Å²) in [5, 5.41) is 4.18. The van der Waals surface area contributed by atoms with Crippen molar-refractivity contribution < 1.29 is 9.47 Å². The first-order valence-corrected chi connectivity index (χ1v) is 10.4. The molecular weight excluding hydrogens is 358 g/mol. The van der Waals surface area contributed by atoms with Gasteiger partial charge in [-0.3, -0.25) is 0 Å². The first-order valence-electron chi connectivity index (χ1n) is 9.98. The van der Waals surface area contributed by atoms with Crippen molar-refractivity contribution in [1.29, 1.82) is 0 Å². The van der Waals surface area contributed by atoms with E-state index in [9.17, 15) is 0 Å². The molecule has 0 amide bonds. The fraction of sp³-hybridized carbons (Fsp3) is 0.478. The standard InChI is InChI=1S/C23H32ClNO2/c1-4-6-7-8-13-25-16-20-14-22(26-5-2)23(15-21(20)24)27-17-19-11-9-18(3)10-12-19/h9-12,14-15,25H,4-8,13,16-17H2,1-3H3. The normalized spacial score (nSPS) is 10.8. The Morgan fingerprint density at radius 1 is 0.926 bits per heavy atom. The maximum Gasteiger partial charge on any atom is 0.163 e. The van der Waals surface area contributed by atoms with Crippen LogP contribution in [0.5, 0.6) is 11.5 Å². The minimum Gasteiger partial charge on any atom is -0.490 e. The molecule has 27 heavy (non-hydrogen) atoms. The van der Waals surface area contributed by atoms with Crippen molar-refractivity contribution in [2.45, 2.75) is 59.6 Å². The molecule has 0 saturated heterocycles. The van der Waals surface area contributed by atoms with Gasteiger partial charge >= 0.3 is 0 Å². The van der Waals surface area contributed by atoms with Crippen molar-refractivity contribution in [2.75, 3.05) is 13.2 Å². The van der Waals surface area contributed by atoms with Gasteiger partial charge in [0.15, 0.2) is 11.5 Å². The van der Waals surface area contributed by atoms with Gasteiger partial charge in [0.05, 0.1) is 6.61 Å². The molecule has 0 bridgehead atoms. The third-order valence-corrected chi connectivity index (χ3v) is 4.80. The number of halogens is 1. The lowest BCUT2D eigenvalue weighted by Crippen LogP contribution is -2.15. The van der Waals surface area contributed by atoms with E-state index in [-0.39, 0.29) is 0 Å². The second-order valence-corrected chi connectivity index (χ2v) is 7.24. The Balaban J connectivity index is 1.98. The van der Waals surface area contributed by atoms with E-state index in [4.69, 9.17) is 21.1 Å². The third-order valence-electron chi connectivity index (χ3n) is 4.45. The molecule has 0 atom stereocenters. The zero-order valence-corrected chi connectivity index (χ0v) is 17.6. The SMILES string of the molecule is CCCCCCNCc1cc(OCC)c(OCc2ccc(C)cc2)cc1Cl. The molecule has 3 nitrogen and oxygen atoms in total. The zero-order chi connectivity index (χ0) is 19.5. The summed E-state index contributed by atoms with van der Waals surface area (Å²) in [6, 6.07) is 12.2. The lowest BCUT2D eigenvalue weighted by atomic mass is 10.1. The summed E-state index contributed by atoms with van der Waals surface area (Å²) >= 11 is 6.49. The van der Waals surface area contributed by atoms with Crippen LogP contribution in [0, 0.1) is 6.92 Å². The van der Waals surface area contributed by atoms with Crippen LogP contribution in [-0.2, 0) is 13.2 Å². The molecule has 0 spiro atoms. The molecule has 2 aromatic rings. The van der Waals surface area contributed by atoms with Crippen LogP contribution in [0.25, 0.3) is 0 Å². The number of hydrogen-bond acceptors (Lipinski definition) is 3. The van der Waals surface area contributed by atoms with Crippen molar-refractivity contribution in [1.82, 2.24) is 5.32 Å². The minimum atomic E-state index is 0.492. The van der Waals surface area contributed by atoms with Crippen molar-refractivity contribution in [2.24, 2.45) is 0 Å². The van der Waals surface area contributed by atoms with Crippen molar-refractivity contribution in [3.8, 4) is 11.5 Å². The van der Waals surface area contributed by atoms with E-state index in [1.807, 2.05) is 19.1 Å². The Morgan fingerprint density at radius 3 is 2.37 bits per heavy atom. The molecule has 0 aromatic heterocycles. The van der Waals surface area contributed by atoms with Gasteiger partial charge in [0.25, 0.3) is 0 Å². The summed E-state index contributed by atoms with van der Waals surface area (Å²) in [6.07, 6.45) is 5.02. The molecule has 0 aliphatic rings. The Labute approximate surface area is 169 Å². The van der Waals surface area contributed by atoms with Crippen LogP contribution in [0.2, 0.25) is 5.02 Å². The number of unbranched alkanes of at least 4 members (excludes halogenated alkanes) is 3. The maximum absolute atomic E-state index is 6.49. The first kappa shape index (κ1) is 21.6. The van der Waals surface area contributed by atoms with Gasteiger partial charge in [0, 0.05) is 17.6 Å². The van der Waals surface area contributed by atoms with Crippen molar-refractivity contribution in [3.05, 3.63) is 58.1 Å². The molecule has 0 saturated carbocycles. The highest BCUT2D eigenvalue weighted by molar-refractivity contribution is 6.31. The van der Waals surface area contributed by atoms with Gasteiger partial charge in [-0.05, 0) is 44.0 Å². The highest BCUT2D eigenvalue weighted by Crippen LogP contribution is 2.34. The molecule has 0 radical (unpaired) electrons. The van der Waals surface area contributed by atoms with Crippen LogP contribution in [0.1, 0.15) is 56.2 Å². The number of benzene rings is 2. The number of nitrogens with one attached hydrogen (secondary N) is 1. The Kier molecular flexibility index (Phi) is 9.51. The largest absolute Gasteiger partial charge is 0.490 e. The zero-order valence-electron chi connectivity index (χ0n) is 16.8. The summed E-state index contributed by atoms with van der Waals surface area (Å²) in [5.41, 5.74) is 3.40. The molecule has 0 aliphatic heterocycles. The summed E-state index contributed by atoms with van der Waals surface area (Å²) in [7, 11) is 0. The smallest absolute Gasteiger partial charge is 0.163 e. The molecule has 2 rings (SSSR count). The van der Waals surface area contributed by atoms with Gasteiger partial charge in [-0.15, -0.1) is 0 Å². The van der Waals surface area contributed by atoms with Gasteiger partial charge in [-0.2, -0.15) is 0 Å². The van der Waals surface area contributed by atoms with E-state index in [1.165, 1.54) is 31.2 Å². The van der Waals surface area contributed by atoms with E-state index in [0.29, 0.717) is 24.0 Å². The van der Waals surface area contributed by atoms with Crippen LogP contribution >= 0.6 is 11.6 Å². The van der Waals surface area contributed by atoms with E-state index >= 15 is 0 Å². The molecule has 148 valence electrons. The van der Waals surface area contributed by atoms with E-state index < -0.39 is 0 Å². The molecule has 0 aliphatic carbocycles. The fourth-order valence-corrected chi connectivity index (χ4v) is 3.06. The molecule has 0 unspecified atom stereocenters. The van der Waals surface area contributed by atoms with Gasteiger partial charge in [0.2, 0.25) is 0 Å². The predicted octanol–water partition coefficient (Wildman–Crippen LogP) is 6.30. The molecule has 0 heterocycles. The number of ether oxygens (including phenoxy) is 2. The lowest BCUT2D eigenvalue weighted by molar-refractivity contribution is 0.269. The summed E-state index contributed by atoms with van der Waals surface area (Å²) in [6.45, 7) is 9.11. The monoisotopic (exact) mass is 389 g/mol. The Morgan fingerprint density at radius 2 is 1.67 bits per heavy atom. The van der Waals surface area contributed by atoms with Crippen molar-refractivity contribution in [3.63, 3.8) is 0 Å². The van der Waals surface area contributed by atoms with Crippen LogP contribution in [0.15, 0.2) is 36.4 Å². The second-order valence-electron chi connectivity index (χ2n) is 6.84. The molecule has 2 aromatic carbocycles. The van der Waals surface area contributed by atoms with Gasteiger partial charge in [-0.25, -0.2) is 0 Å². The summed E-state index contributed by atoms with van der Waals surface area (Å²) < 4.78 is 11.8. The summed E-state index contributed by atoms with van der Waals surface area (Å²) in [5.74, 6) is 1.44. The number of hydrogen-bond donors (Lipinski definition) is 1. The summed E-state index contributed by atoms with van der Waals surface area (Å²) in [4.78, 5) is 0. The highest BCUT2D eigenvalue weighted by Gasteiger charge is 2.11. The quantitative estimate of drug-likeness (QED) is 0.432. The fourth-order valence-electron chi connectivity index (χ4n) is 2.84. The van der Waals surface area contributed by atoms with Gasteiger partial charge in [0.1, 0.15) is 6.61 Å². The average molecular weight is 390 g/mol. The molecule has 0 fully saturated rings. The first-order chi connectivity index (χ1) is 13.1. The Bertz CT molecular complexity index is 686. The maximum atomic E-state index is 6.49. The van der Waals surface area contributed by atoms with Crippen LogP contribution in [-0.4, -0.2) is 13.2 Å². The lowest BCUT2D eigenvalue weighted by Gasteiger charge is -2.15. The molecule has 4 heteroatoms. The van der Waals surface area contributed by atoms with E-state index in [0.717, 1.165) is 30.0 Å². The van der Waals surface area contributed by atoms with Gasteiger partial charge < -0.3 is 14.8 Å². The Hall–Kier alpha value is -1.71. The minimum absolute atomic E-state index is 0.492. The van der Waals surface area contributed by atoms with Crippen LogP contribution in [0.3, 0.4) is 0 Å². The van der Waals surface area contributed by atoms with Crippen molar-refractivity contribution >= 4 is 11.6 Å². The van der Waals surface area contributed by atoms with E-state index in [1.54, 1.807) is 0 Å². The third kappa shape index (κ3) is 7.43. The van der Waals surface area contributed by atoms with Crippen LogP contribution in [0.4, 0.5) is 0 Å². The average Bonchev–Trinajstić information content (AvgIpc) is 2.67. The van der Waals surface area contributed by atoms with Crippen LogP contribution < -0.4 is 14.8 Å². The number of rotatable bonds is 12. The molecular formula is C23H32ClNO2. The number of aryl methyl sites for hydroxylation is 1. The van der Waals surface area contributed by atoms with E-state index in [2.05, 4.69) is 43.4 Å².